The quantitative estimate of drug-likeness (QED) is 0.455. The lowest BCUT2D eigenvalue weighted by molar-refractivity contribution is -0.111. The first kappa shape index (κ1) is 19.5. The summed E-state index contributed by atoms with van der Waals surface area (Å²) in [5.41, 5.74) is 0.658. The lowest BCUT2D eigenvalue weighted by Gasteiger charge is -2.19. The molecule has 134 valence electrons. The third-order valence-corrected chi connectivity index (χ3v) is 4.28. The summed E-state index contributed by atoms with van der Waals surface area (Å²) >= 11 is 2.08. The van der Waals surface area contributed by atoms with Crippen LogP contribution in [0, 0.1) is 3.77 Å². The van der Waals surface area contributed by atoms with Crippen molar-refractivity contribution in [2.45, 2.75) is 13.8 Å². The molecule has 2 aromatic rings. The van der Waals surface area contributed by atoms with E-state index < -0.39 is 0 Å². The Morgan fingerprint density at radius 1 is 1.24 bits per heavy atom. The molecular weight excluding hydrogens is 431 g/mol. The monoisotopic (exact) mass is 454 g/mol. The van der Waals surface area contributed by atoms with Gasteiger partial charge in [0.15, 0.2) is 3.77 Å². The highest BCUT2D eigenvalue weighted by atomic mass is 127. The molecule has 2 rings (SSSR count). The fourth-order valence-corrected chi connectivity index (χ4v) is 2.70. The SMILES string of the molecule is CCN(CC)CCOc1ccccc1NC(=O)/C=C/c1ccc(I)o1. The zero-order chi connectivity index (χ0) is 18.1. The molecule has 0 fully saturated rings. The zero-order valence-corrected chi connectivity index (χ0v) is 16.7. The van der Waals surface area contributed by atoms with Crippen LogP contribution in [-0.2, 0) is 4.79 Å². The first-order valence-electron chi connectivity index (χ1n) is 8.31. The van der Waals surface area contributed by atoms with Crippen LogP contribution in [0.1, 0.15) is 19.6 Å². The van der Waals surface area contributed by atoms with Gasteiger partial charge in [-0.15, -0.1) is 0 Å². The number of carbonyl (C=O) groups is 1. The van der Waals surface area contributed by atoms with E-state index in [4.69, 9.17) is 9.15 Å². The van der Waals surface area contributed by atoms with Crippen molar-refractivity contribution >= 4 is 40.3 Å². The highest BCUT2D eigenvalue weighted by molar-refractivity contribution is 14.1. The molecule has 0 spiro atoms. The van der Waals surface area contributed by atoms with Crippen LogP contribution in [0.15, 0.2) is 46.9 Å². The van der Waals surface area contributed by atoms with E-state index >= 15 is 0 Å². The number of hydrogen-bond donors (Lipinski definition) is 1. The molecule has 1 amide bonds. The number of ether oxygens (including phenoxy) is 1. The minimum Gasteiger partial charge on any atom is -0.490 e. The maximum Gasteiger partial charge on any atom is 0.248 e. The Kier molecular flexibility index (Phi) is 8.00. The Balaban J connectivity index is 1.92. The first-order valence-corrected chi connectivity index (χ1v) is 9.38. The number of amides is 1. The lowest BCUT2D eigenvalue weighted by Crippen LogP contribution is -2.28. The number of anilines is 1. The first-order chi connectivity index (χ1) is 12.1. The van der Waals surface area contributed by atoms with Crippen molar-refractivity contribution < 1.29 is 13.9 Å². The highest BCUT2D eigenvalue weighted by Crippen LogP contribution is 2.23. The molecule has 1 aromatic heterocycles. The van der Waals surface area contributed by atoms with E-state index in [1.807, 2.05) is 36.4 Å². The predicted octanol–water partition coefficient (Wildman–Crippen LogP) is 4.26. The number of nitrogens with zero attached hydrogens (tertiary/aromatic N) is 1. The molecule has 0 saturated carbocycles. The van der Waals surface area contributed by atoms with Gasteiger partial charge in [-0.05, 0) is 66.0 Å². The van der Waals surface area contributed by atoms with Crippen molar-refractivity contribution in [1.29, 1.82) is 0 Å². The number of hydrogen-bond acceptors (Lipinski definition) is 4. The van der Waals surface area contributed by atoms with Crippen LogP contribution in [0.3, 0.4) is 0 Å². The molecule has 0 aliphatic rings. The molecule has 1 heterocycles. The lowest BCUT2D eigenvalue weighted by atomic mass is 10.3. The van der Waals surface area contributed by atoms with Crippen LogP contribution in [0.25, 0.3) is 6.08 Å². The van der Waals surface area contributed by atoms with Gasteiger partial charge in [-0.3, -0.25) is 4.79 Å². The van der Waals surface area contributed by atoms with Gasteiger partial charge < -0.3 is 19.4 Å². The van der Waals surface area contributed by atoms with Crippen molar-refractivity contribution in [1.82, 2.24) is 4.90 Å². The summed E-state index contributed by atoms with van der Waals surface area (Å²) in [5, 5.41) is 2.85. The highest BCUT2D eigenvalue weighted by Gasteiger charge is 2.07. The molecule has 0 unspecified atom stereocenters. The third-order valence-electron chi connectivity index (χ3n) is 3.70. The molecule has 5 nitrogen and oxygen atoms in total. The van der Waals surface area contributed by atoms with Crippen molar-refractivity contribution in [3.63, 3.8) is 0 Å². The second-order valence-electron chi connectivity index (χ2n) is 5.34. The van der Waals surface area contributed by atoms with Crippen LogP contribution in [0.2, 0.25) is 0 Å². The van der Waals surface area contributed by atoms with Gasteiger partial charge in [-0.25, -0.2) is 0 Å². The number of carbonyl (C=O) groups excluding carboxylic acids is 1. The minimum atomic E-state index is -0.230. The molecule has 25 heavy (non-hydrogen) atoms. The van der Waals surface area contributed by atoms with Crippen LogP contribution in [0.4, 0.5) is 5.69 Å². The van der Waals surface area contributed by atoms with Gasteiger partial charge >= 0.3 is 0 Å². The summed E-state index contributed by atoms with van der Waals surface area (Å²) in [7, 11) is 0. The summed E-state index contributed by atoms with van der Waals surface area (Å²) in [6.45, 7) is 7.68. The number of likely N-dealkylation sites (N-methyl/N-ethyl adjacent to an activating group) is 1. The fraction of sp³-hybridized carbons (Fsp3) is 0.316. The zero-order valence-electron chi connectivity index (χ0n) is 14.5. The van der Waals surface area contributed by atoms with E-state index in [1.165, 1.54) is 6.08 Å². The minimum absolute atomic E-state index is 0.230. The smallest absolute Gasteiger partial charge is 0.248 e. The Labute approximate surface area is 162 Å². The Morgan fingerprint density at radius 3 is 2.68 bits per heavy atom. The second kappa shape index (κ2) is 10.2. The summed E-state index contributed by atoms with van der Waals surface area (Å²) in [6, 6.07) is 11.1. The third kappa shape index (κ3) is 6.55. The maximum absolute atomic E-state index is 12.1. The number of halogens is 1. The van der Waals surface area contributed by atoms with Crippen LogP contribution < -0.4 is 10.1 Å². The van der Waals surface area contributed by atoms with E-state index in [2.05, 4.69) is 46.7 Å². The van der Waals surface area contributed by atoms with Gasteiger partial charge in [0.05, 0.1) is 5.69 Å². The number of furan rings is 1. The average molecular weight is 454 g/mol. The number of nitrogens with one attached hydrogen (secondary N) is 1. The molecule has 0 atom stereocenters. The molecule has 0 saturated heterocycles. The Bertz CT molecular complexity index is 708. The molecular formula is C19H23IN2O3. The summed E-state index contributed by atoms with van der Waals surface area (Å²) in [6.07, 6.45) is 3.09. The average Bonchev–Trinajstić information content (AvgIpc) is 3.04. The van der Waals surface area contributed by atoms with Crippen molar-refractivity contribution in [3.05, 3.63) is 52.0 Å². The van der Waals surface area contributed by atoms with Gasteiger partial charge in [0, 0.05) is 12.6 Å². The predicted molar refractivity (Wildman–Crippen MR) is 109 cm³/mol. The van der Waals surface area contributed by atoms with Gasteiger partial charge in [0.25, 0.3) is 0 Å². The van der Waals surface area contributed by atoms with Gasteiger partial charge in [-0.2, -0.15) is 0 Å². The maximum atomic E-state index is 12.1. The number of rotatable bonds is 9. The van der Waals surface area contributed by atoms with E-state index in [9.17, 15) is 4.79 Å². The van der Waals surface area contributed by atoms with Gasteiger partial charge in [0.2, 0.25) is 5.91 Å². The van der Waals surface area contributed by atoms with E-state index in [1.54, 1.807) is 6.08 Å². The van der Waals surface area contributed by atoms with Crippen LogP contribution in [-0.4, -0.2) is 37.0 Å². The number of para-hydroxylation sites is 2. The fourth-order valence-electron chi connectivity index (χ4n) is 2.27. The van der Waals surface area contributed by atoms with E-state index in [0.717, 1.165) is 23.4 Å². The summed E-state index contributed by atoms with van der Waals surface area (Å²) in [4.78, 5) is 14.4. The molecule has 0 aliphatic carbocycles. The normalized spacial score (nSPS) is 11.2. The molecule has 1 N–H and O–H groups in total. The van der Waals surface area contributed by atoms with Gasteiger partial charge in [0.1, 0.15) is 18.1 Å². The molecule has 0 aliphatic heterocycles. The molecule has 0 radical (unpaired) electrons. The Hall–Kier alpha value is -1.80. The van der Waals surface area contributed by atoms with Crippen LogP contribution in [0.5, 0.6) is 5.75 Å². The topological polar surface area (TPSA) is 54.7 Å². The standard InChI is InChI=1S/C19H23IN2O3/c1-3-22(4-2)13-14-24-17-8-6-5-7-16(17)21-19(23)12-10-15-9-11-18(20)25-15/h5-12H,3-4,13-14H2,1-2H3,(H,21,23)/b12-10+. The van der Waals surface area contributed by atoms with Crippen molar-refractivity contribution in [2.24, 2.45) is 0 Å². The van der Waals surface area contributed by atoms with Crippen molar-refractivity contribution in [2.75, 3.05) is 31.6 Å². The summed E-state index contributed by atoms with van der Waals surface area (Å²) in [5.74, 6) is 1.08. The van der Waals surface area contributed by atoms with E-state index in [0.29, 0.717) is 23.8 Å². The van der Waals surface area contributed by atoms with Crippen molar-refractivity contribution in [3.8, 4) is 5.75 Å². The molecule has 0 bridgehead atoms. The van der Waals surface area contributed by atoms with E-state index in [-0.39, 0.29) is 5.91 Å². The van der Waals surface area contributed by atoms with Gasteiger partial charge in [-0.1, -0.05) is 26.0 Å². The molecule has 1 aromatic carbocycles. The molecule has 6 heteroatoms. The van der Waals surface area contributed by atoms with Crippen LogP contribution >= 0.6 is 22.6 Å². The number of benzene rings is 1. The Morgan fingerprint density at radius 2 is 2.00 bits per heavy atom. The largest absolute Gasteiger partial charge is 0.490 e. The second-order valence-corrected chi connectivity index (χ2v) is 6.40. The summed E-state index contributed by atoms with van der Waals surface area (Å²) < 4.78 is 12.0.